The Bertz CT molecular complexity index is 379. The predicted octanol–water partition coefficient (Wildman–Crippen LogP) is 1.62. The lowest BCUT2D eigenvalue weighted by Gasteiger charge is -2.28. The zero-order valence-electron chi connectivity index (χ0n) is 12.5. The Labute approximate surface area is 120 Å². The summed E-state index contributed by atoms with van der Waals surface area (Å²) in [7, 11) is 0. The number of nitrogens with one attached hydrogen (secondary N) is 1. The Hall–Kier alpha value is -1.10. The molecule has 0 aromatic rings. The molecule has 2 aliphatic heterocycles. The second-order valence-corrected chi connectivity index (χ2v) is 6.18. The molecular weight excluding hydrogens is 256 g/mol. The van der Waals surface area contributed by atoms with Gasteiger partial charge in [0, 0.05) is 25.0 Å². The van der Waals surface area contributed by atoms with Gasteiger partial charge in [0.25, 0.3) is 0 Å². The van der Waals surface area contributed by atoms with E-state index in [4.69, 9.17) is 0 Å². The van der Waals surface area contributed by atoms with Crippen molar-refractivity contribution in [2.75, 3.05) is 13.1 Å². The molecule has 114 valence electrons. The Kier molecular flexibility index (Phi) is 4.68. The largest absolute Gasteiger partial charge is 0.481 e. The fourth-order valence-electron chi connectivity index (χ4n) is 3.69. The molecule has 2 fully saturated rings. The van der Waals surface area contributed by atoms with Crippen molar-refractivity contribution >= 4 is 11.9 Å². The number of fused-ring (bicyclic) bond motifs is 1. The van der Waals surface area contributed by atoms with Crippen LogP contribution in [0.2, 0.25) is 0 Å². The Morgan fingerprint density at radius 3 is 2.55 bits per heavy atom. The van der Waals surface area contributed by atoms with Crippen molar-refractivity contribution in [1.29, 1.82) is 0 Å². The van der Waals surface area contributed by atoms with Gasteiger partial charge in [0.1, 0.15) is 0 Å². The molecule has 0 aromatic heterocycles. The van der Waals surface area contributed by atoms with Crippen molar-refractivity contribution in [2.45, 2.75) is 64.5 Å². The van der Waals surface area contributed by atoms with Crippen LogP contribution in [0, 0.1) is 5.41 Å². The quantitative estimate of drug-likeness (QED) is 0.776. The van der Waals surface area contributed by atoms with E-state index in [2.05, 4.69) is 10.2 Å². The van der Waals surface area contributed by atoms with E-state index in [-0.39, 0.29) is 18.4 Å². The predicted molar refractivity (Wildman–Crippen MR) is 76.4 cm³/mol. The number of hydrogen-bond acceptors (Lipinski definition) is 3. The summed E-state index contributed by atoms with van der Waals surface area (Å²) in [5, 5.41) is 12.5. The first-order valence-corrected chi connectivity index (χ1v) is 7.79. The minimum absolute atomic E-state index is 0.0958. The van der Waals surface area contributed by atoms with Crippen LogP contribution < -0.4 is 5.32 Å². The van der Waals surface area contributed by atoms with Crippen LogP contribution in [0.4, 0.5) is 0 Å². The maximum Gasteiger partial charge on any atom is 0.310 e. The van der Waals surface area contributed by atoms with Gasteiger partial charge in [-0.05, 0) is 38.6 Å². The molecular formula is C15H26N2O3. The monoisotopic (exact) mass is 282 g/mol. The van der Waals surface area contributed by atoms with Crippen molar-refractivity contribution in [3.05, 3.63) is 0 Å². The van der Waals surface area contributed by atoms with E-state index in [1.54, 1.807) is 0 Å². The molecule has 5 heteroatoms. The SMILES string of the molecule is CCC(CC)(CC(=O)NC1CCN2CCCC12)C(=O)O. The average molecular weight is 282 g/mol. The first-order valence-electron chi connectivity index (χ1n) is 7.79. The van der Waals surface area contributed by atoms with Crippen LogP contribution >= 0.6 is 0 Å². The van der Waals surface area contributed by atoms with Crippen LogP contribution in [0.25, 0.3) is 0 Å². The number of nitrogens with zero attached hydrogens (tertiary/aromatic N) is 1. The fraction of sp³-hybridized carbons (Fsp3) is 0.867. The third-order valence-electron chi connectivity index (χ3n) is 5.26. The van der Waals surface area contributed by atoms with Gasteiger partial charge in [-0.2, -0.15) is 0 Å². The highest BCUT2D eigenvalue weighted by atomic mass is 16.4. The zero-order valence-corrected chi connectivity index (χ0v) is 12.5. The highest BCUT2D eigenvalue weighted by molar-refractivity contribution is 5.85. The summed E-state index contributed by atoms with van der Waals surface area (Å²) in [4.78, 5) is 26.1. The average Bonchev–Trinajstić information content (AvgIpc) is 3.01. The second-order valence-electron chi connectivity index (χ2n) is 6.18. The first-order chi connectivity index (χ1) is 9.52. The third-order valence-corrected chi connectivity index (χ3v) is 5.26. The van der Waals surface area contributed by atoms with E-state index in [9.17, 15) is 14.7 Å². The maximum atomic E-state index is 12.2. The Morgan fingerprint density at radius 2 is 1.95 bits per heavy atom. The van der Waals surface area contributed by atoms with Gasteiger partial charge in [0.15, 0.2) is 0 Å². The van der Waals surface area contributed by atoms with Gasteiger partial charge >= 0.3 is 5.97 Å². The van der Waals surface area contributed by atoms with E-state index >= 15 is 0 Å². The summed E-state index contributed by atoms with van der Waals surface area (Å²) in [6.45, 7) is 5.89. The highest BCUT2D eigenvalue weighted by Gasteiger charge is 2.41. The molecule has 20 heavy (non-hydrogen) atoms. The van der Waals surface area contributed by atoms with Crippen molar-refractivity contribution in [1.82, 2.24) is 10.2 Å². The number of carboxylic acid groups (broad SMARTS) is 1. The summed E-state index contributed by atoms with van der Waals surface area (Å²) in [6.07, 6.45) is 4.43. The molecule has 0 saturated carbocycles. The molecule has 1 amide bonds. The van der Waals surface area contributed by atoms with Gasteiger partial charge in [0.2, 0.25) is 5.91 Å². The molecule has 2 rings (SSSR count). The number of carbonyl (C=O) groups excluding carboxylic acids is 1. The lowest BCUT2D eigenvalue weighted by atomic mass is 9.79. The van der Waals surface area contributed by atoms with Crippen LogP contribution in [0.5, 0.6) is 0 Å². The molecule has 2 saturated heterocycles. The van der Waals surface area contributed by atoms with Crippen molar-refractivity contribution in [2.24, 2.45) is 5.41 Å². The van der Waals surface area contributed by atoms with Gasteiger partial charge in [-0.15, -0.1) is 0 Å². The van der Waals surface area contributed by atoms with E-state index in [0.29, 0.717) is 18.9 Å². The molecule has 0 aromatic carbocycles. The number of amides is 1. The minimum atomic E-state index is -0.905. The van der Waals surface area contributed by atoms with E-state index in [1.807, 2.05) is 13.8 Å². The molecule has 5 nitrogen and oxygen atoms in total. The van der Waals surface area contributed by atoms with Crippen LogP contribution in [-0.4, -0.2) is 47.1 Å². The number of rotatable bonds is 6. The van der Waals surface area contributed by atoms with Crippen molar-refractivity contribution in [3.8, 4) is 0 Å². The molecule has 0 bridgehead atoms. The van der Waals surface area contributed by atoms with Gasteiger partial charge in [0.05, 0.1) is 5.41 Å². The number of hydrogen-bond donors (Lipinski definition) is 2. The first kappa shape index (κ1) is 15.3. The van der Waals surface area contributed by atoms with Gasteiger partial charge in [-0.25, -0.2) is 0 Å². The highest BCUT2D eigenvalue weighted by Crippen LogP contribution is 2.32. The molecule has 0 aliphatic carbocycles. The summed E-state index contributed by atoms with van der Waals surface area (Å²) in [5.74, 6) is -0.957. The van der Waals surface area contributed by atoms with Gasteiger partial charge in [-0.1, -0.05) is 13.8 Å². The van der Waals surface area contributed by atoms with Crippen LogP contribution in [0.1, 0.15) is 52.4 Å². The van der Waals surface area contributed by atoms with Gasteiger partial charge in [-0.3, -0.25) is 14.5 Å². The van der Waals surface area contributed by atoms with Crippen LogP contribution in [0.15, 0.2) is 0 Å². The van der Waals surface area contributed by atoms with E-state index in [1.165, 1.54) is 6.42 Å². The topological polar surface area (TPSA) is 69.6 Å². The van der Waals surface area contributed by atoms with E-state index < -0.39 is 11.4 Å². The molecule has 0 radical (unpaired) electrons. The standard InChI is InChI=1S/C15H26N2O3/c1-3-15(4-2,14(19)20)10-13(18)16-11-7-9-17-8-5-6-12(11)17/h11-12H,3-10H2,1-2H3,(H,16,18)(H,19,20). The fourth-order valence-corrected chi connectivity index (χ4v) is 3.69. The number of aliphatic carboxylic acids is 1. The van der Waals surface area contributed by atoms with Crippen LogP contribution in [0.3, 0.4) is 0 Å². The maximum absolute atomic E-state index is 12.2. The molecule has 2 atom stereocenters. The molecule has 2 N–H and O–H groups in total. The third kappa shape index (κ3) is 2.82. The number of carbonyl (C=O) groups is 2. The van der Waals surface area contributed by atoms with Crippen molar-refractivity contribution in [3.63, 3.8) is 0 Å². The Morgan fingerprint density at radius 1 is 1.25 bits per heavy atom. The molecule has 2 unspecified atom stereocenters. The summed E-state index contributed by atoms with van der Waals surface area (Å²) >= 11 is 0. The summed E-state index contributed by atoms with van der Waals surface area (Å²) < 4.78 is 0. The summed E-state index contributed by atoms with van der Waals surface area (Å²) in [6, 6.07) is 0.687. The molecule has 0 spiro atoms. The summed E-state index contributed by atoms with van der Waals surface area (Å²) in [5.41, 5.74) is -0.905. The second kappa shape index (κ2) is 6.12. The van der Waals surface area contributed by atoms with Crippen LogP contribution in [-0.2, 0) is 9.59 Å². The normalized spacial score (nSPS) is 26.5. The minimum Gasteiger partial charge on any atom is -0.481 e. The molecule has 2 heterocycles. The zero-order chi connectivity index (χ0) is 14.8. The number of carboxylic acids is 1. The lowest BCUT2D eigenvalue weighted by molar-refractivity contribution is -0.152. The van der Waals surface area contributed by atoms with Crippen molar-refractivity contribution < 1.29 is 14.7 Å². The lowest BCUT2D eigenvalue weighted by Crippen LogP contribution is -2.45. The smallest absolute Gasteiger partial charge is 0.310 e. The van der Waals surface area contributed by atoms with E-state index in [0.717, 1.165) is 25.9 Å². The molecule has 2 aliphatic rings. The Balaban J connectivity index is 1.93. The van der Waals surface area contributed by atoms with Gasteiger partial charge < -0.3 is 10.4 Å².